The molecule has 0 aliphatic rings. The van der Waals surface area contributed by atoms with Crippen LogP contribution in [0.2, 0.25) is 0 Å². The van der Waals surface area contributed by atoms with Crippen LogP contribution in [0.25, 0.3) is 0 Å². The van der Waals surface area contributed by atoms with Gasteiger partial charge < -0.3 is 5.32 Å². The van der Waals surface area contributed by atoms with E-state index in [-0.39, 0.29) is 18.5 Å². The van der Waals surface area contributed by atoms with E-state index >= 15 is 0 Å². The number of halogens is 2. The van der Waals surface area contributed by atoms with Gasteiger partial charge in [0.2, 0.25) is 0 Å². The predicted octanol–water partition coefficient (Wildman–Crippen LogP) is 3.39. The Morgan fingerprint density at radius 3 is 2.75 bits per heavy atom. The van der Waals surface area contributed by atoms with Gasteiger partial charge in [0.1, 0.15) is 5.82 Å². The van der Waals surface area contributed by atoms with Crippen molar-refractivity contribution in [2.45, 2.75) is 18.9 Å². The summed E-state index contributed by atoms with van der Waals surface area (Å²) in [5, 5.41) is 3.13. The van der Waals surface area contributed by atoms with E-state index in [0.29, 0.717) is 24.9 Å². The van der Waals surface area contributed by atoms with Crippen molar-refractivity contribution in [2.24, 2.45) is 0 Å². The lowest BCUT2D eigenvalue weighted by Gasteiger charge is -2.17. The van der Waals surface area contributed by atoms with Crippen molar-refractivity contribution >= 4 is 0 Å². The first-order chi connectivity index (χ1) is 7.79. The Kier molecular flexibility index (Phi) is 5.72. The fraction of sp³-hybridized carbons (Fsp3) is 0.385. The van der Waals surface area contributed by atoms with Crippen LogP contribution in [0.5, 0.6) is 0 Å². The summed E-state index contributed by atoms with van der Waals surface area (Å²) in [5.41, 5.74) is 0.612. The van der Waals surface area contributed by atoms with Crippen LogP contribution in [-0.2, 0) is 0 Å². The summed E-state index contributed by atoms with van der Waals surface area (Å²) < 4.78 is 25.5. The summed E-state index contributed by atoms with van der Waals surface area (Å²) in [6.45, 7) is 3.84. The van der Waals surface area contributed by atoms with Gasteiger partial charge in [0.25, 0.3) is 0 Å². The van der Waals surface area contributed by atoms with E-state index in [0.717, 1.165) is 0 Å². The van der Waals surface area contributed by atoms with Crippen LogP contribution < -0.4 is 5.32 Å². The van der Waals surface area contributed by atoms with E-state index < -0.39 is 0 Å². The van der Waals surface area contributed by atoms with Crippen molar-refractivity contribution < 1.29 is 8.78 Å². The monoisotopic (exact) mass is 225 g/mol. The van der Waals surface area contributed by atoms with Crippen molar-refractivity contribution in [1.29, 1.82) is 0 Å². The zero-order valence-electron chi connectivity index (χ0n) is 9.26. The second kappa shape index (κ2) is 7.12. The molecule has 1 atom stereocenters. The smallest absolute Gasteiger partial charge is 0.127 e. The molecule has 1 unspecified atom stereocenters. The topological polar surface area (TPSA) is 12.0 Å². The van der Waals surface area contributed by atoms with E-state index in [4.69, 9.17) is 0 Å². The molecule has 0 bridgehead atoms. The maximum Gasteiger partial charge on any atom is 0.127 e. The van der Waals surface area contributed by atoms with E-state index in [9.17, 15) is 8.78 Å². The third-order valence-electron chi connectivity index (χ3n) is 2.38. The predicted molar refractivity (Wildman–Crippen MR) is 62.5 cm³/mol. The Bertz CT molecular complexity index is 325. The van der Waals surface area contributed by atoms with E-state index in [2.05, 4.69) is 11.9 Å². The molecule has 0 aliphatic carbocycles. The molecule has 0 saturated carbocycles. The number of hydrogen-bond acceptors (Lipinski definition) is 1. The number of benzene rings is 1. The van der Waals surface area contributed by atoms with Gasteiger partial charge in [0.05, 0.1) is 6.67 Å². The molecular weight excluding hydrogens is 208 g/mol. The number of hydrogen-bond donors (Lipinski definition) is 1. The summed E-state index contributed by atoms with van der Waals surface area (Å²) in [7, 11) is 0. The van der Waals surface area contributed by atoms with Crippen LogP contribution >= 0.6 is 0 Å². The minimum atomic E-state index is -0.356. The third kappa shape index (κ3) is 3.74. The fourth-order valence-electron chi connectivity index (χ4n) is 1.59. The van der Waals surface area contributed by atoms with Gasteiger partial charge in [-0.2, -0.15) is 0 Å². The van der Waals surface area contributed by atoms with Crippen LogP contribution in [0.3, 0.4) is 0 Å². The fourth-order valence-corrected chi connectivity index (χ4v) is 1.59. The van der Waals surface area contributed by atoms with E-state index in [1.165, 1.54) is 6.07 Å². The quantitative estimate of drug-likeness (QED) is 0.554. The maximum atomic E-state index is 13.5. The largest absolute Gasteiger partial charge is 0.309 e. The molecule has 16 heavy (non-hydrogen) atoms. The Hall–Kier alpha value is -1.22. The highest BCUT2D eigenvalue weighted by Gasteiger charge is 2.12. The highest BCUT2D eigenvalue weighted by molar-refractivity contribution is 5.21. The molecule has 0 saturated heterocycles. The molecule has 88 valence electrons. The van der Waals surface area contributed by atoms with Gasteiger partial charge in [-0.15, -0.1) is 6.58 Å². The first-order valence-corrected chi connectivity index (χ1v) is 5.44. The normalized spacial score (nSPS) is 12.4. The average molecular weight is 225 g/mol. The Balaban J connectivity index is 2.69. The molecule has 0 spiro atoms. The van der Waals surface area contributed by atoms with Gasteiger partial charge in [-0.25, -0.2) is 4.39 Å². The molecule has 3 heteroatoms. The van der Waals surface area contributed by atoms with Gasteiger partial charge in [0.15, 0.2) is 0 Å². The minimum Gasteiger partial charge on any atom is -0.309 e. The van der Waals surface area contributed by atoms with Crippen molar-refractivity contribution in [1.82, 2.24) is 5.32 Å². The third-order valence-corrected chi connectivity index (χ3v) is 2.38. The summed E-state index contributed by atoms with van der Waals surface area (Å²) in [6, 6.07) is 6.51. The molecule has 1 N–H and O–H groups in total. The molecule has 0 aromatic heterocycles. The molecule has 0 aliphatic heterocycles. The Morgan fingerprint density at radius 1 is 1.38 bits per heavy atom. The molecular formula is C13H17F2N. The first-order valence-electron chi connectivity index (χ1n) is 5.44. The van der Waals surface area contributed by atoms with E-state index in [1.807, 2.05) is 0 Å². The van der Waals surface area contributed by atoms with Crippen molar-refractivity contribution in [3.05, 3.63) is 48.3 Å². The van der Waals surface area contributed by atoms with Crippen LogP contribution in [-0.4, -0.2) is 13.2 Å². The number of rotatable bonds is 7. The maximum absolute atomic E-state index is 13.5. The van der Waals surface area contributed by atoms with Crippen molar-refractivity contribution in [2.75, 3.05) is 13.2 Å². The minimum absolute atomic E-state index is 0.120. The molecule has 1 aromatic carbocycles. The second-order valence-corrected chi connectivity index (χ2v) is 3.60. The van der Waals surface area contributed by atoms with Crippen LogP contribution in [0.15, 0.2) is 36.9 Å². The lowest BCUT2D eigenvalue weighted by molar-refractivity contribution is 0.434. The first kappa shape index (κ1) is 12.8. The van der Waals surface area contributed by atoms with Crippen molar-refractivity contribution in [3.8, 4) is 0 Å². The van der Waals surface area contributed by atoms with E-state index in [1.54, 1.807) is 24.3 Å². The van der Waals surface area contributed by atoms with Crippen LogP contribution in [0.4, 0.5) is 8.78 Å². The summed E-state index contributed by atoms with van der Waals surface area (Å²) in [6.07, 6.45) is 2.81. The van der Waals surface area contributed by atoms with Crippen LogP contribution in [0.1, 0.15) is 24.4 Å². The Labute approximate surface area is 95.2 Å². The van der Waals surface area contributed by atoms with Gasteiger partial charge in [-0.05, 0) is 25.5 Å². The molecule has 1 aromatic rings. The molecule has 0 heterocycles. The lowest BCUT2D eigenvalue weighted by Crippen LogP contribution is -2.23. The summed E-state index contributed by atoms with van der Waals surface area (Å²) in [5.74, 6) is -0.234. The van der Waals surface area contributed by atoms with Gasteiger partial charge in [-0.1, -0.05) is 24.3 Å². The highest BCUT2D eigenvalue weighted by atomic mass is 19.1. The van der Waals surface area contributed by atoms with Gasteiger partial charge in [0, 0.05) is 11.6 Å². The molecule has 0 amide bonds. The average Bonchev–Trinajstić information content (AvgIpc) is 2.29. The number of alkyl halides is 1. The zero-order chi connectivity index (χ0) is 11.8. The van der Waals surface area contributed by atoms with Crippen molar-refractivity contribution in [3.63, 3.8) is 0 Å². The Morgan fingerprint density at radius 2 is 2.12 bits per heavy atom. The lowest BCUT2D eigenvalue weighted by atomic mass is 10.0. The van der Waals surface area contributed by atoms with Gasteiger partial charge >= 0.3 is 0 Å². The highest BCUT2D eigenvalue weighted by Crippen LogP contribution is 2.20. The summed E-state index contributed by atoms with van der Waals surface area (Å²) >= 11 is 0. The second-order valence-electron chi connectivity index (χ2n) is 3.60. The molecule has 1 rings (SSSR count). The summed E-state index contributed by atoms with van der Waals surface area (Å²) in [4.78, 5) is 0. The van der Waals surface area contributed by atoms with Crippen LogP contribution in [0, 0.1) is 5.82 Å². The molecule has 0 fully saturated rings. The zero-order valence-corrected chi connectivity index (χ0v) is 9.26. The van der Waals surface area contributed by atoms with Gasteiger partial charge in [-0.3, -0.25) is 4.39 Å². The number of nitrogens with one attached hydrogen (secondary N) is 1. The molecule has 1 nitrogen and oxygen atoms in total. The standard InChI is InChI=1S/C13H17F2N/c1-2-6-13(16-10-5-9-14)11-7-3-4-8-12(11)15/h2-4,7-8,13,16H,1,5-6,9-10H2. The SMILES string of the molecule is C=CCC(NCCCF)c1ccccc1F. The molecule has 0 radical (unpaired) electrons.